The lowest BCUT2D eigenvalue weighted by Crippen LogP contribution is -1.67. The van der Waals surface area contributed by atoms with Crippen molar-refractivity contribution >= 4 is 330 Å². The minimum Gasteiger partial charge on any atom is -0.102 e. The third-order valence-electron chi connectivity index (χ3n) is 3.42. The van der Waals surface area contributed by atoms with Crippen LogP contribution in [0.1, 0.15) is 0 Å². The maximum absolute atomic E-state index is 6.49. The second kappa shape index (κ2) is 32.0. The minimum atomic E-state index is -0.233. The second-order valence-corrected chi connectivity index (χ2v) is 170. The van der Waals surface area contributed by atoms with E-state index >= 15 is 0 Å². The molecule has 0 amide bonds. The molecular weight excluding hydrogens is 1270 g/mol. The van der Waals surface area contributed by atoms with Crippen LogP contribution < -0.4 is 0 Å². The van der Waals surface area contributed by atoms with Crippen LogP contribution in [0.2, 0.25) is 0 Å². The molecule has 0 fully saturated rings. The van der Waals surface area contributed by atoms with Crippen LogP contribution in [-0.4, -0.2) is 0 Å². The van der Waals surface area contributed by atoms with Crippen molar-refractivity contribution < 1.29 is 0 Å². The molecule has 246 valence electrons. The maximum atomic E-state index is 6.49. The molecule has 0 heterocycles. The van der Waals surface area contributed by atoms with Gasteiger partial charge >= 0.3 is 0 Å². The van der Waals surface area contributed by atoms with E-state index in [-0.39, 0.29) is 133 Å². The molecule has 0 bridgehead atoms. The molecule has 0 aromatic rings. The highest BCUT2D eigenvalue weighted by atomic mass is 33.5. The lowest BCUT2D eigenvalue weighted by molar-refractivity contribution is 4.40. The van der Waals surface area contributed by atoms with Crippen molar-refractivity contribution in [2.75, 3.05) is 0 Å². The van der Waals surface area contributed by atoms with Crippen molar-refractivity contribution in [3.8, 4) is 0 Å². The quantitative estimate of drug-likeness (QED) is 0.116. The van der Waals surface area contributed by atoms with E-state index in [4.69, 9.17) is 11.8 Å². The van der Waals surface area contributed by atoms with E-state index in [9.17, 15) is 0 Å². The lowest BCUT2D eigenvalue weighted by atomic mass is 28.5. The molecule has 0 nitrogen and oxygen atoms in total. The number of rotatable bonds is 19. The van der Waals surface area contributed by atoms with Crippen molar-refractivity contribution in [3.05, 3.63) is 0 Å². The van der Waals surface area contributed by atoms with Gasteiger partial charge in [0.1, 0.15) is 0 Å². The van der Waals surface area contributed by atoms with Crippen LogP contribution in [0.3, 0.4) is 0 Å². The maximum Gasteiger partial charge on any atom is 0.0292 e. The summed E-state index contributed by atoms with van der Waals surface area (Å²) in [6, 6.07) is 0. The highest BCUT2D eigenvalue weighted by Gasteiger charge is 2.54. The molecule has 0 aromatic heterocycles. The minimum absolute atomic E-state index is 0.0779. The van der Waals surface area contributed by atoms with Gasteiger partial charge in [-0.3, -0.25) is 0 Å². The first-order valence-corrected chi connectivity index (χ1v) is 82.3. The smallest absolute Gasteiger partial charge is 0.0292 e. The Hall–Kier alpha value is 17.3. The van der Waals surface area contributed by atoms with Gasteiger partial charge in [-0.25, -0.2) is 0 Å². The standard InChI is InChI=1S/H40P40S/c1-22(2)33(23(3)4)38(34(24(5)6)25(7)8)32(21-41)39(35(26(9)10)27(11)12)40(36(28(13)14)29(15)16)37(30(17)18)31(19)20/h1-20H2. The van der Waals surface area contributed by atoms with Crippen molar-refractivity contribution in [2.45, 2.75) is 0 Å². The molecule has 41 heteroatoms. The van der Waals surface area contributed by atoms with Gasteiger partial charge in [0, 0.05) is 28.0 Å². The van der Waals surface area contributed by atoms with E-state index in [1.54, 1.807) is 0 Å². The van der Waals surface area contributed by atoms with E-state index < -0.39 is 0 Å². The Morgan fingerprint density at radius 2 is 0.390 bits per heavy atom. The van der Waals surface area contributed by atoms with Crippen LogP contribution in [0.15, 0.2) is 0 Å². The Kier molecular flexibility index (Phi) is 45.5. The first-order valence-electron chi connectivity index (χ1n) is 9.15. The zero-order valence-corrected chi connectivity index (χ0v) is 62.7. The highest BCUT2D eigenvalue weighted by molar-refractivity contribution is 9.47. The van der Waals surface area contributed by atoms with Gasteiger partial charge in [0.25, 0.3) is 0 Å². The van der Waals surface area contributed by atoms with Gasteiger partial charge in [0.05, 0.1) is 0 Å². The molecule has 0 saturated carbocycles. The summed E-state index contributed by atoms with van der Waals surface area (Å²) in [5, 5.41) is 0. The SMILES string of the molecule is PP(P)P(P(P)P)P(P(P=S)P(P(P(P)P)P(P)P)P(P(P(P)P)P(P)P)P(P(P)P)P(P)P)P(P(P)P)P(P)P. The summed E-state index contributed by atoms with van der Waals surface area (Å²) in [6.45, 7) is -2.56. The van der Waals surface area contributed by atoms with Crippen LogP contribution in [-0.2, 0) is 11.8 Å². The summed E-state index contributed by atoms with van der Waals surface area (Å²) in [7, 11) is 68.4. The third kappa shape index (κ3) is 21.0. The van der Waals surface area contributed by atoms with Gasteiger partial charge in [-0.15, -0.1) is 179 Å². The van der Waals surface area contributed by atoms with Gasteiger partial charge < -0.3 is 0 Å². The van der Waals surface area contributed by atoms with Gasteiger partial charge in [-0.1, -0.05) is 11.8 Å². The molecule has 0 aliphatic heterocycles. The number of hydrogen-bond acceptors (Lipinski definition) is 1. The normalized spacial score (nSPS) is 15.7. The molecule has 0 aromatic carbocycles. The fourth-order valence-electron chi connectivity index (χ4n) is 2.30. The van der Waals surface area contributed by atoms with Crippen LogP contribution in [0.25, 0.3) is 0 Å². The summed E-state index contributed by atoms with van der Waals surface area (Å²) < 4.78 is 0. The molecule has 0 aliphatic rings. The van der Waals surface area contributed by atoms with Gasteiger partial charge in [-0.05, 0) is 112 Å². The average Bonchev–Trinajstić information content (AvgIpc) is 2.75. The highest BCUT2D eigenvalue weighted by Crippen LogP contribution is 3.41. The van der Waals surface area contributed by atoms with Crippen molar-refractivity contribution in [2.24, 2.45) is 0 Å². The Balaban J connectivity index is 8.21. The van der Waals surface area contributed by atoms with Crippen molar-refractivity contribution in [3.63, 3.8) is 0 Å². The molecule has 22 unspecified atom stereocenters. The summed E-state index contributed by atoms with van der Waals surface area (Å²) in [5.74, 6) is 0. The molecule has 0 aliphatic carbocycles. The molecule has 22 atom stereocenters. The number of hydrogen-bond donors (Lipinski definition) is 0. The van der Waals surface area contributed by atoms with E-state index in [0.29, 0.717) is 0 Å². The van der Waals surface area contributed by atoms with Gasteiger partial charge in [-0.2, -0.15) is 0 Å². The van der Waals surface area contributed by atoms with E-state index in [2.05, 4.69) is 179 Å². The molecular formula is H40P40S. The third-order valence-corrected chi connectivity index (χ3v) is 277. The average molecular weight is 1310 g/mol. The Morgan fingerprint density at radius 1 is 0.244 bits per heavy atom. The summed E-state index contributed by atoms with van der Waals surface area (Å²) in [6.07, 6.45) is 0. The topological polar surface area (TPSA) is 0 Å². The van der Waals surface area contributed by atoms with Crippen LogP contribution in [0.4, 0.5) is 0 Å². The largest absolute Gasteiger partial charge is 0.102 e. The predicted molar refractivity (Wildman–Crippen MR) is 340 cm³/mol. The van der Waals surface area contributed by atoms with Crippen molar-refractivity contribution in [1.29, 1.82) is 0 Å². The zero-order valence-electron chi connectivity index (χ0n) is 20.9. The predicted octanol–water partition coefficient (Wildman–Crippen LogP) is 23.7. The summed E-state index contributed by atoms with van der Waals surface area (Å²) in [5.41, 5.74) is 0. The molecule has 0 saturated heterocycles. The zero-order chi connectivity index (χ0) is 32.7. The molecule has 0 radical (unpaired) electrons. The Bertz CT molecular complexity index is 614. The first-order chi connectivity index (χ1) is 18.7. The monoisotopic (exact) mass is 1310 g/mol. The first kappa shape index (κ1) is 58.3. The van der Waals surface area contributed by atoms with Gasteiger partial charge in [0.2, 0.25) is 0 Å². The van der Waals surface area contributed by atoms with E-state index in [1.807, 2.05) is 0 Å². The molecule has 0 spiro atoms. The van der Waals surface area contributed by atoms with E-state index in [0.717, 1.165) is 0 Å². The van der Waals surface area contributed by atoms with Gasteiger partial charge in [0.15, 0.2) is 0 Å². The molecule has 0 N–H and O–H groups in total. The van der Waals surface area contributed by atoms with Crippen molar-refractivity contribution in [1.82, 2.24) is 0 Å². The lowest BCUT2D eigenvalue weighted by Gasteiger charge is -2.54. The Morgan fingerprint density at radius 3 is 0.537 bits per heavy atom. The fourth-order valence-corrected chi connectivity index (χ4v) is 559. The molecule has 0 rings (SSSR count). The second-order valence-electron chi connectivity index (χ2n) is 6.30. The Labute approximate surface area is 325 Å². The summed E-state index contributed by atoms with van der Waals surface area (Å²) >= 11 is 6.49. The summed E-state index contributed by atoms with van der Waals surface area (Å²) in [4.78, 5) is 0. The molecule has 41 heavy (non-hydrogen) atoms. The fraction of sp³-hybridized carbons (Fsp3) is 0. The van der Waals surface area contributed by atoms with E-state index in [1.165, 1.54) is 7.04 Å². The van der Waals surface area contributed by atoms with Crippen LogP contribution >= 0.6 is 318 Å². The van der Waals surface area contributed by atoms with Crippen LogP contribution in [0.5, 0.6) is 0 Å². The van der Waals surface area contributed by atoms with Crippen LogP contribution in [0, 0.1) is 0 Å².